The Morgan fingerprint density at radius 3 is 2.67 bits per heavy atom. The van der Waals surface area contributed by atoms with E-state index in [1.54, 1.807) is 11.9 Å². The van der Waals surface area contributed by atoms with Crippen LogP contribution in [0.15, 0.2) is 30.3 Å². The molecule has 3 heteroatoms. The third kappa shape index (κ3) is 1.65. The number of halogens is 1. The molecule has 0 unspecified atom stereocenters. The van der Waals surface area contributed by atoms with Crippen LogP contribution in [0.1, 0.15) is 22.3 Å². The van der Waals surface area contributed by atoms with Crippen molar-refractivity contribution in [1.29, 1.82) is 0 Å². The van der Waals surface area contributed by atoms with Crippen molar-refractivity contribution >= 4 is 23.2 Å². The summed E-state index contributed by atoms with van der Waals surface area (Å²) in [5.74, 6) is 0.639. The van der Waals surface area contributed by atoms with Crippen molar-refractivity contribution in [2.24, 2.45) is 0 Å². The fourth-order valence-electron chi connectivity index (χ4n) is 1.80. The molecule has 0 bridgehead atoms. The standard InChI is InChI=1S/C12H12ClNO/c1-14-11(7-4-8-13)9-5-2-3-6-10(9)12(14)15/h2-3,5-7H,4,8H2,1H3/b11-7-. The maximum absolute atomic E-state index is 11.8. The molecule has 15 heavy (non-hydrogen) atoms. The van der Waals surface area contributed by atoms with Gasteiger partial charge in [0.15, 0.2) is 0 Å². The molecular formula is C12H12ClNO. The second-order valence-corrected chi connectivity index (χ2v) is 3.85. The molecule has 1 aromatic rings. The van der Waals surface area contributed by atoms with Crippen LogP contribution in [0.5, 0.6) is 0 Å². The predicted octanol–water partition coefficient (Wildman–Crippen LogP) is 2.74. The summed E-state index contributed by atoms with van der Waals surface area (Å²) in [5.41, 5.74) is 2.76. The lowest BCUT2D eigenvalue weighted by Gasteiger charge is -2.10. The Kier molecular flexibility index (Phi) is 2.78. The summed E-state index contributed by atoms with van der Waals surface area (Å²) in [6.07, 6.45) is 2.79. The van der Waals surface area contributed by atoms with E-state index in [2.05, 4.69) is 0 Å². The van der Waals surface area contributed by atoms with Gasteiger partial charge in [-0.2, -0.15) is 0 Å². The maximum atomic E-state index is 11.8. The Morgan fingerprint density at radius 2 is 2.00 bits per heavy atom. The molecular weight excluding hydrogens is 210 g/mol. The smallest absolute Gasteiger partial charge is 0.258 e. The molecule has 78 valence electrons. The fraction of sp³-hybridized carbons (Fsp3) is 0.250. The molecule has 2 nitrogen and oxygen atoms in total. The summed E-state index contributed by atoms with van der Waals surface area (Å²) in [5, 5.41) is 0. The van der Waals surface area contributed by atoms with Crippen LogP contribution in [-0.2, 0) is 0 Å². The van der Waals surface area contributed by atoms with Crippen molar-refractivity contribution in [3.8, 4) is 0 Å². The number of nitrogens with zero attached hydrogens (tertiary/aromatic N) is 1. The van der Waals surface area contributed by atoms with Crippen LogP contribution in [0.25, 0.3) is 5.70 Å². The highest BCUT2D eigenvalue weighted by atomic mass is 35.5. The Hall–Kier alpha value is -1.28. The second-order valence-electron chi connectivity index (χ2n) is 3.48. The quantitative estimate of drug-likeness (QED) is 0.704. The van der Waals surface area contributed by atoms with E-state index in [1.807, 2.05) is 30.3 Å². The number of hydrogen-bond donors (Lipinski definition) is 0. The highest BCUT2D eigenvalue weighted by Gasteiger charge is 2.28. The number of amides is 1. The van der Waals surface area contributed by atoms with E-state index in [0.717, 1.165) is 23.2 Å². The molecule has 0 aliphatic carbocycles. The molecule has 1 aliphatic rings. The minimum Gasteiger partial charge on any atom is -0.311 e. The molecule has 0 aromatic heterocycles. The van der Waals surface area contributed by atoms with Gasteiger partial charge in [0, 0.05) is 29.8 Å². The van der Waals surface area contributed by atoms with Crippen LogP contribution in [-0.4, -0.2) is 23.7 Å². The first-order valence-electron chi connectivity index (χ1n) is 4.89. The maximum Gasteiger partial charge on any atom is 0.258 e. The summed E-state index contributed by atoms with van der Waals surface area (Å²) < 4.78 is 0. The van der Waals surface area contributed by atoms with E-state index >= 15 is 0 Å². The fourth-order valence-corrected chi connectivity index (χ4v) is 1.91. The van der Waals surface area contributed by atoms with Gasteiger partial charge in [-0.25, -0.2) is 0 Å². The zero-order valence-electron chi connectivity index (χ0n) is 8.53. The topological polar surface area (TPSA) is 20.3 Å². The van der Waals surface area contributed by atoms with Crippen LogP contribution in [0, 0.1) is 0 Å². The number of rotatable bonds is 2. The Morgan fingerprint density at radius 1 is 1.33 bits per heavy atom. The van der Waals surface area contributed by atoms with Gasteiger partial charge in [0.25, 0.3) is 5.91 Å². The highest BCUT2D eigenvalue weighted by Crippen LogP contribution is 2.31. The van der Waals surface area contributed by atoms with Gasteiger partial charge in [0.05, 0.1) is 0 Å². The molecule has 0 spiro atoms. The van der Waals surface area contributed by atoms with E-state index < -0.39 is 0 Å². The number of carbonyl (C=O) groups excluding carboxylic acids is 1. The predicted molar refractivity (Wildman–Crippen MR) is 61.8 cm³/mol. The molecule has 2 rings (SSSR count). The van der Waals surface area contributed by atoms with Gasteiger partial charge in [-0.3, -0.25) is 4.79 Å². The van der Waals surface area contributed by atoms with Gasteiger partial charge in [-0.15, -0.1) is 11.6 Å². The average Bonchev–Trinajstić information content (AvgIpc) is 2.51. The van der Waals surface area contributed by atoms with Crippen molar-refractivity contribution < 1.29 is 4.79 Å². The third-order valence-electron chi connectivity index (χ3n) is 2.55. The van der Waals surface area contributed by atoms with Gasteiger partial charge >= 0.3 is 0 Å². The molecule has 0 N–H and O–H groups in total. The SMILES string of the molecule is CN1C(=O)c2ccccc2/C1=C/CCCl. The number of fused-ring (bicyclic) bond motifs is 1. The Balaban J connectivity index is 2.47. The zero-order chi connectivity index (χ0) is 10.8. The van der Waals surface area contributed by atoms with Crippen LogP contribution >= 0.6 is 11.6 Å². The molecule has 0 atom stereocenters. The summed E-state index contributed by atoms with van der Waals surface area (Å²) in [4.78, 5) is 13.5. The van der Waals surface area contributed by atoms with E-state index in [4.69, 9.17) is 11.6 Å². The lowest BCUT2D eigenvalue weighted by atomic mass is 10.1. The Bertz CT molecular complexity index is 425. The average molecular weight is 222 g/mol. The van der Waals surface area contributed by atoms with E-state index in [1.165, 1.54) is 0 Å². The summed E-state index contributed by atoms with van der Waals surface area (Å²) >= 11 is 5.64. The number of carbonyl (C=O) groups is 1. The second kappa shape index (κ2) is 4.07. The van der Waals surface area contributed by atoms with Gasteiger partial charge < -0.3 is 4.90 Å². The lowest BCUT2D eigenvalue weighted by molar-refractivity contribution is 0.0874. The molecule has 1 aliphatic heterocycles. The molecule has 1 heterocycles. The van der Waals surface area contributed by atoms with Crippen molar-refractivity contribution in [2.45, 2.75) is 6.42 Å². The first-order valence-corrected chi connectivity index (χ1v) is 5.42. The minimum atomic E-state index is 0.0615. The van der Waals surface area contributed by atoms with Crippen LogP contribution < -0.4 is 0 Å². The van der Waals surface area contributed by atoms with Crippen molar-refractivity contribution in [1.82, 2.24) is 4.90 Å². The van der Waals surface area contributed by atoms with Crippen molar-refractivity contribution in [3.05, 3.63) is 41.5 Å². The molecule has 0 radical (unpaired) electrons. The number of benzene rings is 1. The van der Waals surface area contributed by atoms with Crippen LogP contribution in [0.3, 0.4) is 0 Å². The minimum absolute atomic E-state index is 0.0615. The highest BCUT2D eigenvalue weighted by molar-refractivity contribution is 6.18. The zero-order valence-corrected chi connectivity index (χ0v) is 9.29. The third-order valence-corrected chi connectivity index (χ3v) is 2.76. The van der Waals surface area contributed by atoms with Gasteiger partial charge in [-0.05, 0) is 12.5 Å². The molecule has 1 amide bonds. The van der Waals surface area contributed by atoms with E-state index in [-0.39, 0.29) is 5.91 Å². The van der Waals surface area contributed by atoms with Crippen LogP contribution in [0.4, 0.5) is 0 Å². The normalized spacial score (nSPS) is 17.3. The first kappa shape index (κ1) is 10.2. The summed E-state index contributed by atoms with van der Waals surface area (Å²) in [6.45, 7) is 0. The first-order chi connectivity index (χ1) is 7.25. The van der Waals surface area contributed by atoms with Crippen molar-refractivity contribution in [2.75, 3.05) is 12.9 Å². The summed E-state index contributed by atoms with van der Waals surface area (Å²) in [7, 11) is 1.79. The number of hydrogen-bond acceptors (Lipinski definition) is 1. The number of allylic oxidation sites excluding steroid dienone is 1. The summed E-state index contributed by atoms with van der Waals surface area (Å²) in [6, 6.07) is 7.65. The van der Waals surface area contributed by atoms with E-state index in [0.29, 0.717) is 5.88 Å². The lowest BCUT2D eigenvalue weighted by Crippen LogP contribution is -2.17. The van der Waals surface area contributed by atoms with E-state index in [9.17, 15) is 4.79 Å². The van der Waals surface area contributed by atoms with Gasteiger partial charge in [0.1, 0.15) is 0 Å². The Labute approximate surface area is 94.2 Å². The monoisotopic (exact) mass is 221 g/mol. The van der Waals surface area contributed by atoms with Crippen molar-refractivity contribution in [3.63, 3.8) is 0 Å². The molecule has 0 fully saturated rings. The van der Waals surface area contributed by atoms with Gasteiger partial charge in [-0.1, -0.05) is 24.3 Å². The molecule has 0 saturated carbocycles. The molecule has 0 saturated heterocycles. The largest absolute Gasteiger partial charge is 0.311 e. The molecule has 1 aromatic carbocycles. The number of alkyl halides is 1. The van der Waals surface area contributed by atoms with Crippen LogP contribution in [0.2, 0.25) is 0 Å². The van der Waals surface area contributed by atoms with Gasteiger partial charge in [0.2, 0.25) is 0 Å².